The third-order valence-electron chi connectivity index (χ3n) is 4.74. The number of amides is 2. The minimum Gasteiger partial charge on any atom is -0.497 e. The van der Waals surface area contributed by atoms with Crippen molar-refractivity contribution in [3.8, 4) is 11.5 Å². The van der Waals surface area contributed by atoms with Crippen molar-refractivity contribution in [2.45, 2.75) is 33.1 Å². The van der Waals surface area contributed by atoms with E-state index in [2.05, 4.69) is 6.92 Å². The second-order valence-corrected chi connectivity index (χ2v) is 6.52. The largest absolute Gasteiger partial charge is 0.497 e. The lowest BCUT2D eigenvalue weighted by Crippen LogP contribution is -2.40. The van der Waals surface area contributed by atoms with Gasteiger partial charge in [-0.25, -0.2) is 0 Å². The fourth-order valence-corrected chi connectivity index (χ4v) is 3.08. The first-order valence-corrected chi connectivity index (χ1v) is 8.74. The van der Waals surface area contributed by atoms with Gasteiger partial charge in [-0.3, -0.25) is 9.59 Å². The van der Waals surface area contributed by atoms with E-state index in [-0.39, 0.29) is 11.8 Å². The van der Waals surface area contributed by atoms with E-state index in [1.54, 1.807) is 37.3 Å². The number of rotatable bonds is 6. The van der Waals surface area contributed by atoms with Crippen molar-refractivity contribution >= 4 is 17.5 Å². The maximum atomic E-state index is 12.5. The van der Waals surface area contributed by atoms with Crippen molar-refractivity contribution in [1.82, 2.24) is 4.90 Å². The predicted octanol–water partition coefficient (Wildman–Crippen LogP) is 2.71. The van der Waals surface area contributed by atoms with Crippen LogP contribution in [0.3, 0.4) is 0 Å². The Hall–Kier alpha value is -2.24. The number of likely N-dealkylation sites (tertiary alicyclic amines) is 1. The summed E-state index contributed by atoms with van der Waals surface area (Å²) in [5, 5.41) is 0. The highest BCUT2D eigenvalue weighted by molar-refractivity contribution is 5.94. The Morgan fingerprint density at radius 1 is 1.20 bits per heavy atom. The first-order valence-electron chi connectivity index (χ1n) is 8.74. The van der Waals surface area contributed by atoms with Gasteiger partial charge in [-0.05, 0) is 30.9 Å². The number of benzene rings is 1. The number of hydrogen-bond donors (Lipinski definition) is 0. The summed E-state index contributed by atoms with van der Waals surface area (Å²) in [6.07, 6.45) is 2.41. The van der Waals surface area contributed by atoms with Crippen LogP contribution in [0.2, 0.25) is 0 Å². The molecular formula is C19H28N2O4. The Kier molecular flexibility index (Phi) is 6.67. The molecule has 138 valence electrons. The molecule has 2 amide bonds. The van der Waals surface area contributed by atoms with Crippen molar-refractivity contribution in [2.24, 2.45) is 5.92 Å². The minimum absolute atomic E-state index is 0.102. The third-order valence-corrected chi connectivity index (χ3v) is 4.74. The molecule has 0 unspecified atom stereocenters. The first kappa shape index (κ1) is 19.1. The molecule has 1 aromatic carbocycles. The fourth-order valence-electron chi connectivity index (χ4n) is 3.08. The van der Waals surface area contributed by atoms with Crippen LogP contribution in [0.1, 0.15) is 33.1 Å². The van der Waals surface area contributed by atoms with E-state index >= 15 is 0 Å². The molecular weight excluding hydrogens is 320 g/mol. The van der Waals surface area contributed by atoms with Crippen molar-refractivity contribution in [3.05, 3.63) is 18.2 Å². The molecule has 0 atom stereocenters. The van der Waals surface area contributed by atoms with E-state index in [0.29, 0.717) is 36.1 Å². The van der Waals surface area contributed by atoms with Gasteiger partial charge in [0.2, 0.25) is 11.8 Å². The summed E-state index contributed by atoms with van der Waals surface area (Å²) in [7, 11) is 3.13. The standard InChI is InChI=1S/C19H28N2O4/c1-14-7-10-20(11-8-14)19(23)9-12-21(15(2)22)17-6-5-16(24-3)13-18(17)25-4/h5-6,13-14H,7-12H2,1-4H3. The van der Waals surface area contributed by atoms with E-state index < -0.39 is 0 Å². The van der Waals surface area contributed by atoms with Crippen LogP contribution in [0.5, 0.6) is 11.5 Å². The molecule has 0 aliphatic carbocycles. The number of carbonyl (C=O) groups excluding carboxylic acids is 2. The summed E-state index contributed by atoms with van der Waals surface area (Å²) in [6.45, 7) is 5.67. The van der Waals surface area contributed by atoms with Crippen molar-refractivity contribution < 1.29 is 19.1 Å². The highest BCUT2D eigenvalue weighted by atomic mass is 16.5. The van der Waals surface area contributed by atoms with Crippen molar-refractivity contribution in [2.75, 3.05) is 38.8 Å². The molecule has 1 saturated heterocycles. The monoisotopic (exact) mass is 348 g/mol. The maximum absolute atomic E-state index is 12.5. The van der Waals surface area contributed by atoms with Gasteiger partial charge in [0.25, 0.3) is 0 Å². The summed E-state index contributed by atoms with van der Waals surface area (Å²) < 4.78 is 10.6. The summed E-state index contributed by atoms with van der Waals surface area (Å²) in [6, 6.07) is 5.30. The van der Waals surface area contributed by atoms with Crippen LogP contribution in [0.25, 0.3) is 0 Å². The van der Waals surface area contributed by atoms with Crippen molar-refractivity contribution in [3.63, 3.8) is 0 Å². The lowest BCUT2D eigenvalue weighted by atomic mass is 9.99. The lowest BCUT2D eigenvalue weighted by Gasteiger charge is -2.31. The number of piperidine rings is 1. The van der Waals surface area contributed by atoms with Crippen LogP contribution < -0.4 is 14.4 Å². The normalized spacial score (nSPS) is 15.0. The van der Waals surface area contributed by atoms with Crippen LogP contribution in [0, 0.1) is 5.92 Å². The molecule has 0 spiro atoms. The number of hydrogen-bond acceptors (Lipinski definition) is 4. The molecule has 0 radical (unpaired) electrons. The molecule has 0 bridgehead atoms. The average Bonchev–Trinajstić information content (AvgIpc) is 2.62. The predicted molar refractivity (Wildman–Crippen MR) is 97.2 cm³/mol. The van der Waals surface area contributed by atoms with Gasteiger partial charge in [0.05, 0.1) is 19.9 Å². The molecule has 1 fully saturated rings. The second-order valence-electron chi connectivity index (χ2n) is 6.52. The van der Waals surface area contributed by atoms with E-state index in [1.807, 2.05) is 4.90 Å². The van der Waals surface area contributed by atoms with E-state index in [1.165, 1.54) is 6.92 Å². The maximum Gasteiger partial charge on any atom is 0.224 e. The topological polar surface area (TPSA) is 59.1 Å². The van der Waals surface area contributed by atoms with Crippen LogP contribution in [0.4, 0.5) is 5.69 Å². The Morgan fingerprint density at radius 2 is 1.88 bits per heavy atom. The number of methoxy groups -OCH3 is 2. The molecule has 1 heterocycles. The smallest absolute Gasteiger partial charge is 0.224 e. The number of carbonyl (C=O) groups is 2. The molecule has 1 aliphatic rings. The summed E-state index contributed by atoms with van der Waals surface area (Å²) >= 11 is 0. The van der Waals surface area contributed by atoms with Gasteiger partial charge in [-0.1, -0.05) is 6.92 Å². The van der Waals surface area contributed by atoms with Gasteiger partial charge in [-0.15, -0.1) is 0 Å². The molecule has 0 aromatic heterocycles. The van der Waals surface area contributed by atoms with Crippen LogP contribution >= 0.6 is 0 Å². The summed E-state index contributed by atoms with van der Waals surface area (Å²) in [4.78, 5) is 28.1. The molecule has 25 heavy (non-hydrogen) atoms. The Labute approximate surface area is 149 Å². The molecule has 2 rings (SSSR count). The highest BCUT2D eigenvalue weighted by Gasteiger charge is 2.23. The summed E-state index contributed by atoms with van der Waals surface area (Å²) in [5.74, 6) is 1.87. The number of nitrogens with zero attached hydrogens (tertiary/aromatic N) is 2. The average molecular weight is 348 g/mol. The van der Waals surface area contributed by atoms with Crippen molar-refractivity contribution in [1.29, 1.82) is 0 Å². The van der Waals surface area contributed by atoms with Gasteiger partial charge >= 0.3 is 0 Å². The van der Waals surface area contributed by atoms with Crippen LogP contribution in [-0.2, 0) is 9.59 Å². The number of ether oxygens (including phenoxy) is 2. The van der Waals surface area contributed by atoms with E-state index in [4.69, 9.17) is 9.47 Å². The SMILES string of the molecule is COc1ccc(N(CCC(=O)N2CCC(C)CC2)C(C)=O)c(OC)c1. The lowest BCUT2D eigenvalue weighted by molar-refractivity contribution is -0.132. The molecule has 6 nitrogen and oxygen atoms in total. The van der Waals surface area contributed by atoms with Crippen LogP contribution in [0.15, 0.2) is 18.2 Å². The molecule has 6 heteroatoms. The highest BCUT2D eigenvalue weighted by Crippen LogP contribution is 2.32. The van der Waals surface area contributed by atoms with E-state index in [9.17, 15) is 9.59 Å². The minimum atomic E-state index is -0.122. The molecule has 1 aliphatic heterocycles. The first-order chi connectivity index (χ1) is 12.0. The zero-order chi connectivity index (χ0) is 18.4. The quantitative estimate of drug-likeness (QED) is 0.793. The molecule has 0 saturated carbocycles. The third kappa shape index (κ3) is 4.87. The van der Waals surface area contributed by atoms with Gasteiger partial charge in [0.1, 0.15) is 11.5 Å². The van der Waals surface area contributed by atoms with Gasteiger partial charge in [0.15, 0.2) is 0 Å². The Morgan fingerprint density at radius 3 is 2.44 bits per heavy atom. The van der Waals surface area contributed by atoms with Gasteiger partial charge < -0.3 is 19.3 Å². The van der Waals surface area contributed by atoms with E-state index in [0.717, 1.165) is 25.9 Å². The fraction of sp³-hybridized carbons (Fsp3) is 0.579. The Balaban J connectivity index is 2.06. The summed E-state index contributed by atoms with van der Waals surface area (Å²) in [5.41, 5.74) is 0.649. The molecule has 0 N–H and O–H groups in total. The zero-order valence-electron chi connectivity index (χ0n) is 15.6. The van der Waals surface area contributed by atoms with Crippen LogP contribution in [-0.4, -0.2) is 50.6 Å². The van der Waals surface area contributed by atoms with Gasteiger partial charge in [0, 0.05) is 39.0 Å². The number of anilines is 1. The zero-order valence-corrected chi connectivity index (χ0v) is 15.6. The Bertz CT molecular complexity index is 609. The molecule has 1 aromatic rings. The van der Waals surface area contributed by atoms with Gasteiger partial charge in [-0.2, -0.15) is 0 Å². The second kappa shape index (κ2) is 8.74.